The minimum absolute atomic E-state index is 0.0301. The molecule has 104 valence electrons. The highest BCUT2D eigenvalue weighted by Gasteiger charge is 2.49. The van der Waals surface area contributed by atoms with Crippen molar-refractivity contribution in [1.82, 2.24) is 0 Å². The lowest BCUT2D eigenvalue weighted by atomic mass is 9.78. The fourth-order valence-corrected chi connectivity index (χ4v) is 3.20. The van der Waals surface area contributed by atoms with E-state index < -0.39 is 0 Å². The molecule has 1 aromatic carbocycles. The summed E-state index contributed by atoms with van der Waals surface area (Å²) in [5, 5.41) is 0. The van der Waals surface area contributed by atoms with Crippen molar-refractivity contribution in [1.29, 1.82) is 0 Å². The van der Waals surface area contributed by atoms with Crippen LogP contribution in [0.2, 0.25) is 0 Å². The van der Waals surface area contributed by atoms with Crippen LogP contribution in [0.3, 0.4) is 0 Å². The number of benzene rings is 1. The van der Waals surface area contributed by atoms with E-state index in [1.165, 1.54) is 10.5 Å². The van der Waals surface area contributed by atoms with Gasteiger partial charge in [-0.15, -0.1) is 0 Å². The maximum Gasteiger partial charge on any atom is 0.238 e. The number of nitrogens with zero attached hydrogens (tertiary/aromatic N) is 1. The molecule has 20 heavy (non-hydrogen) atoms. The van der Waals surface area contributed by atoms with Crippen molar-refractivity contribution in [2.45, 2.75) is 26.7 Å². The molecule has 2 aliphatic rings. The number of imide groups is 1. The lowest BCUT2D eigenvalue weighted by Gasteiger charge is -2.23. The molecule has 0 unspecified atom stereocenters. The van der Waals surface area contributed by atoms with Gasteiger partial charge < -0.3 is 0 Å². The van der Waals surface area contributed by atoms with Crippen LogP contribution in [-0.2, 0) is 9.59 Å². The largest absolute Gasteiger partial charge is 0.274 e. The Labute approximate surface area is 119 Å². The predicted octanol–water partition coefficient (Wildman–Crippen LogP) is 3.17. The zero-order chi connectivity index (χ0) is 14.3. The lowest BCUT2D eigenvalue weighted by molar-refractivity contribution is -0.122. The van der Waals surface area contributed by atoms with Gasteiger partial charge in [0.05, 0.1) is 17.5 Å². The van der Waals surface area contributed by atoms with Gasteiger partial charge >= 0.3 is 0 Å². The first-order valence-corrected chi connectivity index (χ1v) is 7.21. The Morgan fingerprint density at radius 2 is 1.70 bits per heavy atom. The standard InChI is InChI=1S/C17H19NO2/c1-11(2)12-8-9-14-15(10-12)17(20)18(16(14)19)13-6-4-3-5-7-13/h3-8,11,14-15H,9-10H2,1-2H3/t14-,15+/m0/s1. The highest BCUT2D eigenvalue weighted by molar-refractivity contribution is 6.22. The van der Waals surface area contributed by atoms with Crippen LogP contribution in [0, 0.1) is 17.8 Å². The third-order valence-corrected chi connectivity index (χ3v) is 4.41. The molecular weight excluding hydrogens is 250 g/mol. The fourth-order valence-electron chi connectivity index (χ4n) is 3.20. The zero-order valence-electron chi connectivity index (χ0n) is 11.9. The predicted molar refractivity (Wildman–Crippen MR) is 78.1 cm³/mol. The zero-order valence-corrected chi connectivity index (χ0v) is 11.9. The summed E-state index contributed by atoms with van der Waals surface area (Å²) in [4.78, 5) is 26.5. The summed E-state index contributed by atoms with van der Waals surface area (Å²) in [5.41, 5.74) is 2.00. The molecule has 1 aliphatic carbocycles. The molecule has 2 amide bonds. The van der Waals surface area contributed by atoms with Gasteiger partial charge in [0.25, 0.3) is 0 Å². The van der Waals surface area contributed by atoms with Crippen LogP contribution in [0.25, 0.3) is 0 Å². The van der Waals surface area contributed by atoms with E-state index in [9.17, 15) is 9.59 Å². The van der Waals surface area contributed by atoms with Gasteiger partial charge in [0, 0.05) is 0 Å². The summed E-state index contributed by atoms with van der Waals surface area (Å²) in [6.45, 7) is 4.28. The number of rotatable bonds is 2. The van der Waals surface area contributed by atoms with Crippen molar-refractivity contribution in [3.8, 4) is 0 Å². The van der Waals surface area contributed by atoms with Crippen LogP contribution in [0.1, 0.15) is 26.7 Å². The number of hydrogen-bond acceptors (Lipinski definition) is 2. The van der Waals surface area contributed by atoms with Crippen molar-refractivity contribution in [2.24, 2.45) is 17.8 Å². The molecule has 0 aromatic heterocycles. The van der Waals surface area contributed by atoms with E-state index in [1.54, 1.807) is 0 Å². The smallest absolute Gasteiger partial charge is 0.238 e. The molecule has 0 radical (unpaired) electrons. The van der Waals surface area contributed by atoms with Crippen LogP contribution in [0.4, 0.5) is 5.69 Å². The third kappa shape index (κ3) is 1.98. The molecule has 3 heteroatoms. The van der Waals surface area contributed by atoms with Crippen LogP contribution in [-0.4, -0.2) is 11.8 Å². The van der Waals surface area contributed by atoms with Crippen molar-refractivity contribution in [3.63, 3.8) is 0 Å². The van der Waals surface area contributed by atoms with E-state index >= 15 is 0 Å². The van der Waals surface area contributed by atoms with Crippen LogP contribution in [0.15, 0.2) is 42.0 Å². The summed E-state index contributed by atoms with van der Waals surface area (Å²) in [6.07, 6.45) is 3.59. The van der Waals surface area contributed by atoms with Gasteiger partial charge in [-0.25, -0.2) is 0 Å². The molecule has 0 saturated carbocycles. The van der Waals surface area contributed by atoms with Gasteiger partial charge in [0.1, 0.15) is 0 Å². The molecule has 1 fully saturated rings. The number of anilines is 1. The number of carbonyl (C=O) groups is 2. The van der Waals surface area contributed by atoms with Crippen LogP contribution in [0.5, 0.6) is 0 Å². The van der Waals surface area contributed by atoms with Crippen molar-refractivity contribution in [2.75, 3.05) is 4.90 Å². The van der Waals surface area contributed by atoms with E-state index in [-0.39, 0.29) is 23.7 Å². The molecule has 2 atom stereocenters. The van der Waals surface area contributed by atoms with Crippen molar-refractivity contribution < 1.29 is 9.59 Å². The van der Waals surface area contributed by atoms with Crippen molar-refractivity contribution >= 4 is 17.5 Å². The highest BCUT2D eigenvalue weighted by Crippen LogP contribution is 2.41. The highest BCUT2D eigenvalue weighted by atomic mass is 16.2. The van der Waals surface area contributed by atoms with Crippen molar-refractivity contribution in [3.05, 3.63) is 42.0 Å². The van der Waals surface area contributed by atoms with E-state index in [1.807, 2.05) is 30.3 Å². The SMILES string of the molecule is CC(C)C1=CC[C@@H]2C(=O)N(c3ccccc3)C(=O)[C@@H]2C1. The Morgan fingerprint density at radius 1 is 1.05 bits per heavy atom. The molecule has 0 spiro atoms. The summed E-state index contributed by atoms with van der Waals surface area (Å²) in [7, 11) is 0. The molecular formula is C17H19NO2. The first-order chi connectivity index (χ1) is 9.59. The number of amides is 2. The monoisotopic (exact) mass is 269 g/mol. The average molecular weight is 269 g/mol. The molecule has 1 heterocycles. The minimum Gasteiger partial charge on any atom is -0.274 e. The molecule has 1 saturated heterocycles. The average Bonchev–Trinajstić information content (AvgIpc) is 2.71. The summed E-state index contributed by atoms with van der Waals surface area (Å²) in [6, 6.07) is 9.25. The molecule has 1 aromatic rings. The van der Waals surface area contributed by atoms with Gasteiger partial charge in [-0.1, -0.05) is 43.7 Å². The first-order valence-electron chi connectivity index (χ1n) is 7.21. The maximum atomic E-state index is 12.6. The Bertz CT molecular complexity index is 574. The summed E-state index contributed by atoms with van der Waals surface area (Å²) >= 11 is 0. The first kappa shape index (κ1) is 13.1. The Hall–Kier alpha value is -1.90. The molecule has 3 nitrogen and oxygen atoms in total. The molecule has 0 bridgehead atoms. The van der Waals surface area contributed by atoms with E-state index in [0.717, 1.165) is 6.42 Å². The van der Waals surface area contributed by atoms with Gasteiger partial charge in [0.2, 0.25) is 11.8 Å². The second kappa shape index (κ2) is 4.89. The van der Waals surface area contributed by atoms with Gasteiger partial charge in [-0.3, -0.25) is 14.5 Å². The summed E-state index contributed by atoms with van der Waals surface area (Å²) < 4.78 is 0. The summed E-state index contributed by atoms with van der Waals surface area (Å²) in [5.74, 6) is 0.0580. The van der Waals surface area contributed by atoms with Gasteiger partial charge in [-0.2, -0.15) is 0 Å². The van der Waals surface area contributed by atoms with E-state index in [4.69, 9.17) is 0 Å². The molecule has 3 rings (SSSR count). The van der Waals surface area contributed by atoms with Crippen LogP contribution >= 0.6 is 0 Å². The second-order valence-corrected chi connectivity index (χ2v) is 5.93. The number of hydrogen-bond donors (Lipinski definition) is 0. The quantitative estimate of drug-likeness (QED) is 0.611. The minimum atomic E-state index is -0.162. The second-order valence-electron chi connectivity index (χ2n) is 5.93. The van der Waals surface area contributed by atoms with Gasteiger partial charge in [0.15, 0.2) is 0 Å². The lowest BCUT2D eigenvalue weighted by Crippen LogP contribution is -2.30. The topological polar surface area (TPSA) is 37.4 Å². The Kier molecular flexibility index (Phi) is 3.20. The molecule has 1 aliphatic heterocycles. The number of carbonyl (C=O) groups excluding carboxylic acids is 2. The van der Waals surface area contributed by atoms with E-state index in [2.05, 4.69) is 19.9 Å². The van der Waals surface area contributed by atoms with Gasteiger partial charge in [-0.05, 0) is 30.9 Å². The van der Waals surface area contributed by atoms with Crippen LogP contribution < -0.4 is 4.90 Å². The maximum absolute atomic E-state index is 12.6. The number of allylic oxidation sites excluding steroid dienone is 2. The normalized spacial score (nSPS) is 25.9. The number of para-hydroxylation sites is 1. The fraction of sp³-hybridized carbons (Fsp3) is 0.412. The molecule has 0 N–H and O–H groups in total. The Morgan fingerprint density at radius 3 is 2.35 bits per heavy atom. The third-order valence-electron chi connectivity index (χ3n) is 4.41. The van der Waals surface area contributed by atoms with E-state index in [0.29, 0.717) is 18.0 Å². The Balaban J connectivity index is 1.91. The number of fused-ring (bicyclic) bond motifs is 1.